The fraction of sp³-hybridized carbons (Fsp3) is 0.103. The van der Waals surface area contributed by atoms with E-state index >= 15 is 0 Å². The summed E-state index contributed by atoms with van der Waals surface area (Å²) in [5.41, 5.74) is 0.727. The fourth-order valence-electron chi connectivity index (χ4n) is 4.15. The van der Waals surface area contributed by atoms with Crippen LogP contribution in [0.15, 0.2) is 97.1 Å². The highest BCUT2D eigenvalue weighted by atomic mass is 31.2. The molecule has 176 valence electrons. The second-order valence-electron chi connectivity index (χ2n) is 7.96. The van der Waals surface area contributed by atoms with Crippen molar-refractivity contribution in [1.82, 2.24) is 0 Å². The van der Waals surface area contributed by atoms with Gasteiger partial charge in [-0.15, -0.1) is 0 Å². The molecule has 4 rings (SSSR count). The molecule has 6 heteroatoms. The van der Waals surface area contributed by atoms with Crippen LogP contribution in [0.3, 0.4) is 0 Å². The molecule has 0 N–H and O–H groups in total. The zero-order chi connectivity index (χ0) is 25.0. The number of hydrogen-bond donors (Lipinski definition) is 0. The van der Waals surface area contributed by atoms with Gasteiger partial charge in [0.25, 0.3) is 0 Å². The molecule has 0 radical (unpaired) electrons. The molecule has 0 bridgehead atoms. The Morgan fingerprint density at radius 1 is 0.629 bits per heavy atom. The maximum Gasteiger partial charge on any atom is 0.249 e. The monoisotopic (exact) mass is 484 g/mol. The fourth-order valence-corrected chi connectivity index (χ4v) is 6.54. The van der Waals surface area contributed by atoms with Gasteiger partial charge in [-0.25, -0.2) is 0 Å². The molecule has 0 aliphatic heterocycles. The minimum atomic E-state index is -4.39. The summed E-state index contributed by atoms with van der Waals surface area (Å²) in [6, 6.07) is 27.8. The lowest BCUT2D eigenvalue weighted by Gasteiger charge is -2.21. The molecule has 0 aliphatic rings. The van der Waals surface area contributed by atoms with E-state index in [0.717, 1.165) is 5.56 Å². The molecule has 1 atom stereocenters. The van der Waals surface area contributed by atoms with Gasteiger partial charge < -0.3 is 14.0 Å². The first-order valence-electron chi connectivity index (χ1n) is 11.0. The number of ether oxygens (including phenoxy) is 2. The molecule has 0 aliphatic carbocycles. The van der Waals surface area contributed by atoms with E-state index in [1.807, 2.05) is 36.4 Å². The van der Waals surface area contributed by atoms with E-state index in [1.165, 1.54) is 14.2 Å². The first kappa shape index (κ1) is 24.2. The first-order chi connectivity index (χ1) is 16.9. The van der Waals surface area contributed by atoms with Gasteiger partial charge in [0.2, 0.25) is 18.2 Å². The summed E-state index contributed by atoms with van der Waals surface area (Å²) in [7, 11) is -1.57. The molecule has 4 aromatic rings. The largest absolute Gasteiger partial charge is 0.496 e. The Balaban J connectivity index is 2.01. The summed E-state index contributed by atoms with van der Waals surface area (Å²) in [5.74, 6) is 0.373. The van der Waals surface area contributed by atoms with E-state index in [9.17, 15) is 14.2 Å². The summed E-state index contributed by atoms with van der Waals surface area (Å²) >= 11 is 0. The highest BCUT2D eigenvalue weighted by Crippen LogP contribution is 2.54. The maximum absolute atomic E-state index is 14.9. The summed E-state index contributed by atoms with van der Waals surface area (Å²) in [6.45, 7) is 1.78. The van der Waals surface area contributed by atoms with Gasteiger partial charge in [-0.1, -0.05) is 84.9 Å². The zero-order valence-electron chi connectivity index (χ0n) is 19.7. The van der Waals surface area contributed by atoms with Crippen molar-refractivity contribution in [3.63, 3.8) is 0 Å². The molecule has 4 aromatic carbocycles. The van der Waals surface area contributed by atoms with Gasteiger partial charge in [0.05, 0.1) is 14.2 Å². The standard InChI is InChI=1S/C29H25O5P/c1-20-12-10-17-23(21-13-6-4-7-14-21)26(20)28(30)35(32,22-15-8-5-9-16-22)29(31)27-24(33-2)18-11-19-25(27)34-3/h4-19H,1-3H3. The van der Waals surface area contributed by atoms with Gasteiger partial charge in [-0.3, -0.25) is 9.59 Å². The Hall–Kier alpha value is -3.95. The molecule has 0 amide bonds. The molecule has 0 heterocycles. The molecule has 5 nitrogen and oxygen atoms in total. The molecular formula is C29H25O5P. The minimum Gasteiger partial charge on any atom is -0.496 e. The van der Waals surface area contributed by atoms with Crippen LogP contribution in [0.25, 0.3) is 11.1 Å². The van der Waals surface area contributed by atoms with Crippen molar-refractivity contribution in [3.05, 3.63) is 114 Å². The molecule has 0 fully saturated rings. The Morgan fingerprint density at radius 3 is 1.71 bits per heavy atom. The summed E-state index contributed by atoms with van der Waals surface area (Å²) in [5, 5.41) is 0.158. The van der Waals surface area contributed by atoms with Crippen LogP contribution in [0, 0.1) is 6.92 Å². The van der Waals surface area contributed by atoms with Crippen molar-refractivity contribution < 1.29 is 23.6 Å². The van der Waals surface area contributed by atoms with Crippen LogP contribution >= 0.6 is 7.14 Å². The number of benzene rings is 4. The van der Waals surface area contributed by atoms with Gasteiger partial charge in [-0.2, -0.15) is 0 Å². The quantitative estimate of drug-likeness (QED) is 0.273. The molecule has 0 spiro atoms. The highest BCUT2D eigenvalue weighted by molar-refractivity contribution is 8.01. The predicted octanol–water partition coefficient (Wildman–Crippen LogP) is 6.35. The first-order valence-corrected chi connectivity index (χ1v) is 12.8. The van der Waals surface area contributed by atoms with Gasteiger partial charge in [0.15, 0.2) is 0 Å². The van der Waals surface area contributed by atoms with Crippen LogP contribution < -0.4 is 14.8 Å². The molecular weight excluding hydrogens is 459 g/mol. The van der Waals surface area contributed by atoms with Crippen molar-refractivity contribution in [2.45, 2.75) is 6.92 Å². The number of aryl methyl sites for hydroxylation is 1. The average Bonchev–Trinajstić information content (AvgIpc) is 2.92. The Kier molecular flexibility index (Phi) is 6.99. The molecule has 1 unspecified atom stereocenters. The lowest BCUT2D eigenvalue weighted by atomic mass is 9.97. The smallest absolute Gasteiger partial charge is 0.249 e. The lowest BCUT2D eigenvalue weighted by molar-refractivity contribution is 0.103. The van der Waals surface area contributed by atoms with Crippen molar-refractivity contribution in [1.29, 1.82) is 0 Å². The summed E-state index contributed by atoms with van der Waals surface area (Å²) < 4.78 is 25.7. The normalized spacial score (nSPS) is 12.4. The Labute approximate surface area is 204 Å². The summed E-state index contributed by atoms with van der Waals surface area (Å²) in [4.78, 5) is 28.5. The van der Waals surface area contributed by atoms with Crippen molar-refractivity contribution in [3.8, 4) is 22.6 Å². The summed E-state index contributed by atoms with van der Waals surface area (Å²) in [6.07, 6.45) is 0. The van der Waals surface area contributed by atoms with E-state index in [-0.39, 0.29) is 27.9 Å². The van der Waals surface area contributed by atoms with Gasteiger partial charge >= 0.3 is 0 Å². The van der Waals surface area contributed by atoms with Gasteiger partial charge in [0, 0.05) is 10.9 Å². The topological polar surface area (TPSA) is 69.7 Å². The maximum atomic E-state index is 14.9. The third-order valence-corrected chi connectivity index (χ3v) is 8.52. The molecule has 0 saturated heterocycles. The van der Waals surface area contributed by atoms with E-state index in [4.69, 9.17) is 9.47 Å². The molecule has 35 heavy (non-hydrogen) atoms. The zero-order valence-corrected chi connectivity index (χ0v) is 20.6. The van der Waals surface area contributed by atoms with Crippen LogP contribution in [-0.4, -0.2) is 25.3 Å². The number of methoxy groups -OCH3 is 2. The lowest BCUT2D eigenvalue weighted by Crippen LogP contribution is -2.22. The number of carbonyl (C=O) groups is 2. The van der Waals surface area contributed by atoms with E-state index in [0.29, 0.717) is 11.1 Å². The highest BCUT2D eigenvalue weighted by Gasteiger charge is 2.46. The van der Waals surface area contributed by atoms with Crippen molar-refractivity contribution in [2.75, 3.05) is 14.2 Å². The molecule has 0 aromatic heterocycles. The number of rotatable bonds is 8. The Bertz CT molecular complexity index is 1410. The second kappa shape index (κ2) is 10.1. The molecule has 0 saturated carbocycles. The van der Waals surface area contributed by atoms with Crippen LogP contribution in [0.1, 0.15) is 26.3 Å². The SMILES string of the molecule is COc1cccc(OC)c1C(=O)P(=O)(C(=O)c1c(C)cccc1-c1ccccc1)c1ccccc1. The van der Waals surface area contributed by atoms with Crippen LogP contribution in [0.4, 0.5) is 0 Å². The third kappa shape index (κ3) is 4.31. The van der Waals surface area contributed by atoms with Crippen molar-refractivity contribution in [2.24, 2.45) is 0 Å². The van der Waals surface area contributed by atoms with Gasteiger partial charge in [0.1, 0.15) is 17.1 Å². The van der Waals surface area contributed by atoms with Crippen LogP contribution in [0.5, 0.6) is 11.5 Å². The van der Waals surface area contributed by atoms with Crippen LogP contribution in [0.2, 0.25) is 0 Å². The predicted molar refractivity (Wildman–Crippen MR) is 139 cm³/mol. The van der Waals surface area contributed by atoms with E-state index in [2.05, 4.69) is 0 Å². The Morgan fingerprint density at radius 2 is 1.14 bits per heavy atom. The van der Waals surface area contributed by atoms with Crippen LogP contribution in [-0.2, 0) is 4.57 Å². The van der Waals surface area contributed by atoms with E-state index < -0.39 is 18.2 Å². The van der Waals surface area contributed by atoms with Crippen molar-refractivity contribution >= 4 is 23.5 Å². The average molecular weight is 484 g/mol. The van der Waals surface area contributed by atoms with E-state index in [1.54, 1.807) is 67.6 Å². The second-order valence-corrected chi connectivity index (χ2v) is 10.5. The third-order valence-electron chi connectivity index (χ3n) is 5.90. The number of carbonyl (C=O) groups excluding carboxylic acids is 2. The van der Waals surface area contributed by atoms with Gasteiger partial charge in [-0.05, 0) is 35.7 Å². The number of hydrogen-bond acceptors (Lipinski definition) is 5. The minimum absolute atomic E-state index is 0.0205.